The molecule has 1 aromatic rings. The molecule has 5 nitrogen and oxygen atoms in total. The molecule has 0 N–H and O–H groups in total. The van der Waals surface area contributed by atoms with E-state index in [0.29, 0.717) is 38.4 Å². The molecule has 1 heterocycles. The molecule has 128 valence electrons. The Labute approximate surface area is 150 Å². The molecular weight excluding hydrogens is 400 g/mol. The van der Waals surface area contributed by atoms with Crippen molar-refractivity contribution in [3.8, 4) is 0 Å². The van der Waals surface area contributed by atoms with E-state index < -0.39 is 10.0 Å². The highest BCUT2D eigenvalue weighted by molar-refractivity contribution is 9.10. The second kappa shape index (κ2) is 8.00. The van der Waals surface area contributed by atoms with Crippen molar-refractivity contribution >= 4 is 43.6 Å². The fourth-order valence-corrected chi connectivity index (χ4v) is 4.74. The van der Waals surface area contributed by atoms with Crippen LogP contribution in [0.1, 0.15) is 12.0 Å². The first-order chi connectivity index (χ1) is 10.8. The van der Waals surface area contributed by atoms with Gasteiger partial charge < -0.3 is 4.90 Å². The zero-order chi connectivity index (χ0) is 17.0. The number of halogens is 1. The third-order valence-electron chi connectivity index (χ3n) is 3.76. The van der Waals surface area contributed by atoms with Gasteiger partial charge in [-0.2, -0.15) is 0 Å². The first-order valence-corrected chi connectivity index (χ1v) is 11.0. The fourth-order valence-electron chi connectivity index (χ4n) is 2.48. The van der Waals surface area contributed by atoms with E-state index in [2.05, 4.69) is 15.9 Å². The molecule has 0 unspecified atom stereocenters. The zero-order valence-corrected chi connectivity index (χ0v) is 16.5. The van der Waals surface area contributed by atoms with E-state index in [-0.39, 0.29) is 5.91 Å². The highest BCUT2D eigenvalue weighted by Gasteiger charge is 2.23. The molecule has 0 atom stereocenters. The molecule has 0 radical (unpaired) electrons. The van der Waals surface area contributed by atoms with E-state index in [1.807, 2.05) is 25.1 Å². The van der Waals surface area contributed by atoms with Crippen molar-refractivity contribution in [1.82, 2.24) is 9.21 Å². The number of rotatable bonds is 4. The van der Waals surface area contributed by atoms with Crippen molar-refractivity contribution < 1.29 is 13.2 Å². The van der Waals surface area contributed by atoms with Gasteiger partial charge in [0.25, 0.3) is 0 Å². The molecule has 1 aliphatic rings. The van der Waals surface area contributed by atoms with Crippen LogP contribution in [0.4, 0.5) is 0 Å². The lowest BCUT2D eigenvalue weighted by atomic mass is 10.2. The SMILES string of the molecule is Cc1cc(Br)ccc1SCC(=O)N1CCCN(S(C)(=O)=O)CC1. The van der Waals surface area contributed by atoms with Crippen molar-refractivity contribution in [3.05, 3.63) is 28.2 Å². The lowest BCUT2D eigenvalue weighted by molar-refractivity contribution is -0.128. The van der Waals surface area contributed by atoms with Gasteiger partial charge in [-0.05, 0) is 37.1 Å². The second-order valence-corrected chi connectivity index (χ2v) is 9.51. The zero-order valence-electron chi connectivity index (χ0n) is 13.3. The van der Waals surface area contributed by atoms with Crippen molar-refractivity contribution in [2.75, 3.05) is 38.2 Å². The van der Waals surface area contributed by atoms with Crippen LogP contribution >= 0.6 is 27.7 Å². The van der Waals surface area contributed by atoms with E-state index in [1.54, 1.807) is 4.90 Å². The van der Waals surface area contributed by atoms with Crippen LogP contribution in [-0.2, 0) is 14.8 Å². The summed E-state index contributed by atoms with van der Waals surface area (Å²) in [6.07, 6.45) is 1.90. The predicted molar refractivity (Wildman–Crippen MR) is 97.2 cm³/mol. The molecule has 2 rings (SSSR count). The molecule has 1 fully saturated rings. The van der Waals surface area contributed by atoms with Gasteiger partial charge in [0.05, 0.1) is 12.0 Å². The Kier molecular flexibility index (Phi) is 6.53. The smallest absolute Gasteiger partial charge is 0.232 e. The molecule has 23 heavy (non-hydrogen) atoms. The van der Waals surface area contributed by atoms with Gasteiger partial charge >= 0.3 is 0 Å². The molecule has 1 aliphatic heterocycles. The van der Waals surface area contributed by atoms with Crippen LogP contribution in [-0.4, -0.2) is 61.7 Å². The maximum Gasteiger partial charge on any atom is 0.232 e. The summed E-state index contributed by atoms with van der Waals surface area (Å²) in [4.78, 5) is 15.2. The second-order valence-electron chi connectivity index (χ2n) is 5.59. The van der Waals surface area contributed by atoms with Gasteiger partial charge in [-0.1, -0.05) is 15.9 Å². The van der Waals surface area contributed by atoms with Gasteiger partial charge in [0.1, 0.15) is 0 Å². The Morgan fingerprint density at radius 2 is 2.00 bits per heavy atom. The molecule has 1 saturated heterocycles. The molecular formula is C15H21BrN2O3S2. The lowest BCUT2D eigenvalue weighted by Gasteiger charge is -2.21. The number of sulfonamides is 1. The van der Waals surface area contributed by atoms with Gasteiger partial charge in [-0.3, -0.25) is 4.79 Å². The van der Waals surface area contributed by atoms with Crippen LogP contribution in [0.25, 0.3) is 0 Å². The van der Waals surface area contributed by atoms with Gasteiger partial charge in [0.2, 0.25) is 15.9 Å². The summed E-state index contributed by atoms with van der Waals surface area (Å²) in [7, 11) is -3.18. The normalized spacial score (nSPS) is 17.1. The molecule has 0 bridgehead atoms. The first-order valence-electron chi connectivity index (χ1n) is 7.39. The van der Waals surface area contributed by atoms with Gasteiger partial charge in [0.15, 0.2) is 0 Å². The van der Waals surface area contributed by atoms with Crippen molar-refractivity contribution in [2.24, 2.45) is 0 Å². The Hall–Kier alpha value is -0.570. The number of hydrogen-bond acceptors (Lipinski definition) is 4. The Morgan fingerprint density at radius 1 is 1.26 bits per heavy atom. The van der Waals surface area contributed by atoms with Crippen LogP contribution in [0, 0.1) is 6.92 Å². The topological polar surface area (TPSA) is 57.7 Å². The molecule has 0 aromatic heterocycles. The summed E-state index contributed by atoms with van der Waals surface area (Å²) < 4.78 is 25.7. The number of benzene rings is 1. The summed E-state index contributed by atoms with van der Waals surface area (Å²) >= 11 is 4.96. The average molecular weight is 421 g/mol. The minimum atomic E-state index is -3.18. The summed E-state index contributed by atoms with van der Waals surface area (Å²) in [6, 6.07) is 6.00. The minimum Gasteiger partial charge on any atom is -0.341 e. The number of hydrogen-bond donors (Lipinski definition) is 0. The number of nitrogens with zero attached hydrogens (tertiary/aromatic N) is 2. The third-order valence-corrected chi connectivity index (χ3v) is 6.72. The summed E-state index contributed by atoms with van der Waals surface area (Å²) in [5, 5.41) is 0. The van der Waals surface area contributed by atoms with Crippen molar-refractivity contribution in [3.63, 3.8) is 0 Å². The van der Waals surface area contributed by atoms with Crippen molar-refractivity contribution in [2.45, 2.75) is 18.2 Å². The average Bonchev–Trinajstić information content (AvgIpc) is 2.71. The maximum atomic E-state index is 12.4. The van der Waals surface area contributed by atoms with Gasteiger partial charge in [-0.25, -0.2) is 12.7 Å². The highest BCUT2D eigenvalue weighted by atomic mass is 79.9. The van der Waals surface area contributed by atoms with Crippen LogP contribution in [0.15, 0.2) is 27.6 Å². The summed E-state index contributed by atoms with van der Waals surface area (Å²) in [6.45, 7) is 3.97. The standard InChI is InChI=1S/C15H21BrN2O3S2/c1-12-10-13(16)4-5-14(12)22-11-15(19)17-6-3-7-18(9-8-17)23(2,20)21/h4-5,10H,3,6-9,11H2,1-2H3. The monoisotopic (exact) mass is 420 g/mol. The largest absolute Gasteiger partial charge is 0.341 e. The fraction of sp³-hybridized carbons (Fsp3) is 0.533. The van der Waals surface area contributed by atoms with Crippen LogP contribution in [0.3, 0.4) is 0 Å². The van der Waals surface area contributed by atoms with Crippen LogP contribution in [0.5, 0.6) is 0 Å². The number of thioether (sulfide) groups is 1. The lowest BCUT2D eigenvalue weighted by Crippen LogP contribution is -2.37. The number of carbonyl (C=O) groups excluding carboxylic acids is 1. The van der Waals surface area contributed by atoms with Gasteiger partial charge in [0, 0.05) is 35.5 Å². The molecule has 1 aromatic carbocycles. The summed E-state index contributed by atoms with van der Waals surface area (Å²) in [5.74, 6) is 0.439. The number of aryl methyl sites for hydroxylation is 1. The quantitative estimate of drug-likeness (QED) is 0.701. The highest BCUT2D eigenvalue weighted by Crippen LogP contribution is 2.25. The summed E-state index contributed by atoms with van der Waals surface area (Å²) in [5.41, 5.74) is 1.14. The van der Waals surface area contributed by atoms with E-state index in [4.69, 9.17) is 0 Å². The predicted octanol–water partition coefficient (Wildman–Crippen LogP) is 2.34. The molecule has 0 spiro atoms. The van der Waals surface area contributed by atoms with Gasteiger partial charge in [-0.15, -0.1) is 11.8 Å². The van der Waals surface area contributed by atoms with E-state index in [0.717, 1.165) is 14.9 Å². The number of carbonyl (C=O) groups is 1. The molecule has 8 heteroatoms. The molecule has 0 saturated carbocycles. The minimum absolute atomic E-state index is 0.0627. The van der Waals surface area contributed by atoms with E-state index in [9.17, 15) is 13.2 Å². The Morgan fingerprint density at radius 3 is 2.65 bits per heavy atom. The molecule has 1 amide bonds. The molecule has 0 aliphatic carbocycles. The Balaban J connectivity index is 1.91. The number of amides is 1. The maximum absolute atomic E-state index is 12.4. The Bertz CT molecular complexity index is 679. The first kappa shape index (κ1) is 18.8. The van der Waals surface area contributed by atoms with Crippen molar-refractivity contribution in [1.29, 1.82) is 0 Å². The van der Waals surface area contributed by atoms with E-state index in [1.165, 1.54) is 22.3 Å². The van der Waals surface area contributed by atoms with Crippen LogP contribution in [0.2, 0.25) is 0 Å². The van der Waals surface area contributed by atoms with E-state index >= 15 is 0 Å². The third kappa shape index (κ3) is 5.48. The van der Waals surface area contributed by atoms with Crippen LogP contribution < -0.4 is 0 Å².